The second-order valence-electron chi connectivity index (χ2n) is 4.68. The summed E-state index contributed by atoms with van der Waals surface area (Å²) in [5, 5.41) is 7.35. The van der Waals surface area contributed by atoms with Crippen molar-refractivity contribution in [3.8, 4) is 0 Å². The average molecular weight is 280 g/mol. The van der Waals surface area contributed by atoms with Crippen LogP contribution in [0.15, 0.2) is 24.5 Å². The van der Waals surface area contributed by atoms with E-state index in [0.717, 1.165) is 24.9 Å². The van der Waals surface area contributed by atoms with Crippen LogP contribution in [0.1, 0.15) is 30.8 Å². The van der Waals surface area contributed by atoms with Crippen LogP contribution in [0.5, 0.6) is 0 Å². The van der Waals surface area contributed by atoms with Gasteiger partial charge in [-0.3, -0.25) is 4.68 Å². The lowest BCUT2D eigenvalue weighted by Crippen LogP contribution is -2.25. The summed E-state index contributed by atoms with van der Waals surface area (Å²) in [5.41, 5.74) is 0.709. The van der Waals surface area contributed by atoms with Gasteiger partial charge in [-0.1, -0.05) is 13.0 Å². The van der Waals surface area contributed by atoms with Crippen molar-refractivity contribution in [1.29, 1.82) is 0 Å². The smallest absolute Gasteiger partial charge is 0.159 e. The van der Waals surface area contributed by atoms with Gasteiger partial charge in [-0.2, -0.15) is 5.10 Å². The molecule has 0 amide bonds. The molecule has 20 heavy (non-hydrogen) atoms. The van der Waals surface area contributed by atoms with Crippen LogP contribution in [0.4, 0.5) is 8.78 Å². The number of benzene rings is 1. The van der Waals surface area contributed by atoms with Crippen molar-refractivity contribution in [2.45, 2.75) is 25.8 Å². The van der Waals surface area contributed by atoms with E-state index in [2.05, 4.69) is 22.3 Å². The van der Waals surface area contributed by atoms with E-state index in [9.17, 15) is 8.78 Å². The molecule has 0 radical (unpaired) electrons. The number of hydrogen-bond donors (Lipinski definition) is 1. The zero-order chi connectivity index (χ0) is 14.5. The molecule has 4 nitrogen and oxygen atoms in total. The molecule has 0 aliphatic carbocycles. The molecule has 0 saturated heterocycles. The molecule has 0 spiro atoms. The van der Waals surface area contributed by atoms with E-state index in [0.29, 0.717) is 12.0 Å². The van der Waals surface area contributed by atoms with Crippen molar-refractivity contribution in [3.63, 3.8) is 0 Å². The monoisotopic (exact) mass is 280 g/mol. The largest absolute Gasteiger partial charge is 0.310 e. The lowest BCUT2D eigenvalue weighted by Gasteiger charge is -2.18. The Morgan fingerprint density at radius 1 is 1.30 bits per heavy atom. The van der Waals surface area contributed by atoms with Crippen molar-refractivity contribution in [2.75, 3.05) is 6.54 Å². The Kier molecular flexibility index (Phi) is 4.79. The molecule has 108 valence electrons. The summed E-state index contributed by atoms with van der Waals surface area (Å²) >= 11 is 0. The minimum absolute atomic E-state index is 0.118. The van der Waals surface area contributed by atoms with E-state index in [1.807, 2.05) is 7.05 Å². The van der Waals surface area contributed by atoms with Crippen molar-refractivity contribution in [1.82, 2.24) is 20.1 Å². The van der Waals surface area contributed by atoms with Gasteiger partial charge < -0.3 is 5.32 Å². The highest BCUT2D eigenvalue weighted by Gasteiger charge is 2.16. The van der Waals surface area contributed by atoms with Gasteiger partial charge in [0.2, 0.25) is 0 Å². The van der Waals surface area contributed by atoms with Crippen LogP contribution < -0.4 is 5.32 Å². The molecule has 6 heteroatoms. The second kappa shape index (κ2) is 6.56. The van der Waals surface area contributed by atoms with Crippen molar-refractivity contribution >= 4 is 0 Å². The Bertz CT molecular complexity index is 568. The highest BCUT2D eigenvalue weighted by atomic mass is 19.2. The summed E-state index contributed by atoms with van der Waals surface area (Å²) in [4.78, 5) is 4.17. The first-order chi connectivity index (χ1) is 9.61. The third-order valence-corrected chi connectivity index (χ3v) is 3.18. The summed E-state index contributed by atoms with van der Waals surface area (Å²) in [6, 6.07) is 3.87. The number of halogens is 2. The molecule has 0 bridgehead atoms. The molecule has 0 fully saturated rings. The molecule has 1 aromatic carbocycles. The van der Waals surface area contributed by atoms with Gasteiger partial charge in [0.15, 0.2) is 11.6 Å². The summed E-state index contributed by atoms with van der Waals surface area (Å²) in [5.74, 6) is -0.867. The third kappa shape index (κ3) is 3.39. The Labute approximate surface area is 116 Å². The standard InChI is InChI=1S/C14H18F2N4/c1-3-6-17-13(8-14-18-9-19-20(14)2)10-4-5-11(15)12(16)7-10/h4-5,7,9,13,17H,3,6,8H2,1-2H3. The average Bonchev–Trinajstić information content (AvgIpc) is 2.83. The fourth-order valence-corrected chi connectivity index (χ4v) is 2.04. The summed E-state index contributed by atoms with van der Waals surface area (Å²) in [6.07, 6.45) is 3.01. The highest BCUT2D eigenvalue weighted by Crippen LogP contribution is 2.19. The number of nitrogens with zero attached hydrogens (tertiary/aromatic N) is 3. The second-order valence-corrected chi connectivity index (χ2v) is 4.68. The topological polar surface area (TPSA) is 42.7 Å². The van der Waals surface area contributed by atoms with E-state index in [1.54, 1.807) is 10.7 Å². The first kappa shape index (κ1) is 14.6. The zero-order valence-electron chi connectivity index (χ0n) is 11.6. The van der Waals surface area contributed by atoms with Crippen LogP contribution >= 0.6 is 0 Å². The molecule has 0 aliphatic rings. The minimum Gasteiger partial charge on any atom is -0.310 e. The number of rotatable bonds is 6. The number of aromatic nitrogens is 3. The molecule has 2 aromatic rings. The van der Waals surface area contributed by atoms with Crippen molar-refractivity contribution < 1.29 is 8.78 Å². The van der Waals surface area contributed by atoms with Gasteiger partial charge in [0.25, 0.3) is 0 Å². The number of hydrogen-bond acceptors (Lipinski definition) is 3. The van der Waals surface area contributed by atoms with Gasteiger partial charge in [0.05, 0.1) is 0 Å². The number of aryl methyl sites for hydroxylation is 1. The van der Waals surface area contributed by atoms with Gasteiger partial charge in [0.1, 0.15) is 12.2 Å². The Balaban J connectivity index is 2.22. The first-order valence-corrected chi connectivity index (χ1v) is 6.63. The molecule has 1 N–H and O–H groups in total. The Morgan fingerprint density at radius 3 is 2.70 bits per heavy atom. The van der Waals surface area contributed by atoms with Crippen LogP contribution in [-0.2, 0) is 13.5 Å². The van der Waals surface area contributed by atoms with Gasteiger partial charge in [-0.25, -0.2) is 13.8 Å². The van der Waals surface area contributed by atoms with E-state index in [4.69, 9.17) is 0 Å². The molecule has 1 atom stereocenters. The van der Waals surface area contributed by atoms with Crippen LogP contribution in [0.3, 0.4) is 0 Å². The van der Waals surface area contributed by atoms with E-state index in [1.165, 1.54) is 12.4 Å². The van der Waals surface area contributed by atoms with Crippen LogP contribution in [0.25, 0.3) is 0 Å². The Hall–Kier alpha value is -1.82. The van der Waals surface area contributed by atoms with Crippen molar-refractivity contribution in [2.24, 2.45) is 7.05 Å². The maximum Gasteiger partial charge on any atom is 0.159 e. The Morgan fingerprint density at radius 2 is 2.10 bits per heavy atom. The summed E-state index contributed by atoms with van der Waals surface area (Å²) < 4.78 is 28.1. The predicted octanol–water partition coefficient (Wildman–Crippen LogP) is 2.38. The molecule has 0 saturated carbocycles. The SMILES string of the molecule is CCCNC(Cc1ncnn1C)c1ccc(F)c(F)c1. The van der Waals surface area contributed by atoms with E-state index >= 15 is 0 Å². The molecule has 1 heterocycles. The van der Waals surface area contributed by atoms with Crippen LogP contribution in [0.2, 0.25) is 0 Å². The normalized spacial score (nSPS) is 12.6. The maximum absolute atomic E-state index is 13.4. The lowest BCUT2D eigenvalue weighted by atomic mass is 10.0. The fourth-order valence-electron chi connectivity index (χ4n) is 2.04. The summed E-state index contributed by atoms with van der Waals surface area (Å²) in [6.45, 7) is 2.85. The lowest BCUT2D eigenvalue weighted by molar-refractivity contribution is 0.485. The fraction of sp³-hybridized carbons (Fsp3) is 0.429. The van der Waals surface area contributed by atoms with Crippen LogP contribution in [0, 0.1) is 11.6 Å². The van der Waals surface area contributed by atoms with Crippen LogP contribution in [-0.4, -0.2) is 21.3 Å². The molecular weight excluding hydrogens is 262 g/mol. The van der Waals surface area contributed by atoms with Gasteiger partial charge in [-0.05, 0) is 30.7 Å². The third-order valence-electron chi connectivity index (χ3n) is 3.18. The van der Waals surface area contributed by atoms with Gasteiger partial charge >= 0.3 is 0 Å². The van der Waals surface area contributed by atoms with E-state index in [-0.39, 0.29) is 6.04 Å². The van der Waals surface area contributed by atoms with Crippen molar-refractivity contribution in [3.05, 3.63) is 47.5 Å². The molecular formula is C14H18F2N4. The molecule has 1 aromatic heterocycles. The first-order valence-electron chi connectivity index (χ1n) is 6.63. The maximum atomic E-state index is 13.4. The quantitative estimate of drug-likeness (QED) is 0.883. The van der Waals surface area contributed by atoms with Gasteiger partial charge in [-0.15, -0.1) is 0 Å². The highest BCUT2D eigenvalue weighted by molar-refractivity contribution is 5.22. The van der Waals surface area contributed by atoms with Gasteiger partial charge in [0, 0.05) is 19.5 Å². The molecule has 1 unspecified atom stereocenters. The molecule has 2 rings (SSSR count). The van der Waals surface area contributed by atoms with E-state index < -0.39 is 11.6 Å². The number of nitrogens with one attached hydrogen (secondary N) is 1. The predicted molar refractivity (Wildman–Crippen MR) is 72.1 cm³/mol. The minimum atomic E-state index is -0.832. The zero-order valence-corrected chi connectivity index (χ0v) is 11.6. The summed E-state index contributed by atoms with van der Waals surface area (Å²) in [7, 11) is 1.81. The molecule has 0 aliphatic heterocycles.